The van der Waals surface area contributed by atoms with Crippen LogP contribution in [0.25, 0.3) is 0 Å². The fourth-order valence-corrected chi connectivity index (χ4v) is 1.75. The maximum Gasteiger partial charge on any atom is 0.161 e. The van der Waals surface area contributed by atoms with Crippen LogP contribution in [0.15, 0.2) is 18.2 Å². The summed E-state index contributed by atoms with van der Waals surface area (Å²) in [5.41, 5.74) is 1.19. The summed E-state index contributed by atoms with van der Waals surface area (Å²) in [6, 6.07) is 6.04. The fraction of sp³-hybridized carbons (Fsp3) is 0.600. The van der Waals surface area contributed by atoms with Crippen LogP contribution in [-0.4, -0.2) is 33.5 Å². The van der Waals surface area contributed by atoms with Gasteiger partial charge in [0.2, 0.25) is 0 Å². The number of methoxy groups -OCH3 is 2. The zero-order valence-electron chi connectivity index (χ0n) is 12.4. The SMILES string of the molecule is CCNCc1ccc(OC(C)CCOC)c(OC)c1. The number of benzene rings is 1. The quantitative estimate of drug-likeness (QED) is 0.746. The lowest BCUT2D eigenvalue weighted by Crippen LogP contribution is -2.15. The molecule has 1 rings (SSSR count). The number of ether oxygens (including phenoxy) is 3. The van der Waals surface area contributed by atoms with E-state index in [9.17, 15) is 0 Å². The van der Waals surface area contributed by atoms with Crippen molar-refractivity contribution in [2.75, 3.05) is 27.4 Å². The molecule has 0 saturated heterocycles. The lowest BCUT2D eigenvalue weighted by Gasteiger charge is -2.17. The molecule has 1 N–H and O–H groups in total. The molecule has 19 heavy (non-hydrogen) atoms. The Balaban J connectivity index is 2.67. The van der Waals surface area contributed by atoms with E-state index in [1.165, 1.54) is 5.56 Å². The highest BCUT2D eigenvalue weighted by Crippen LogP contribution is 2.29. The average Bonchev–Trinajstić information content (AvgIpc) is 2.43. The summed E-state index contributed by atoms with van der Waals surface area (Å²) in [7, 11) is 3.36. The van der Waals surface area contributed by atoms with E-state index in [0.29, 0.717) is 6.61 Å². The third kappa shape index (κ3) is 5.49. The van der Waals surface area contributed by atoms with Crippen LogP contribution in [0.5, 0.6) is 11.5 Å². The van der Waals surface area contributed by atoms with Gasteiger partial charge in [0.15, 0.2) is 11.5 Å². The highest BCUT2D eigenvalue weighted by Gasteiger charge is 2.09. The molecule has 0 fully saturated rings. The second-order valence-electron chi connectivity index (χ2n) is 4.48. The standard InChI is InChI=1S/C15H25NO3/c1-5-16-11-13-6-7-14(15(10-13)18-4)19-12(2)8-9-17-3/h6-7,10,12,16H,5,8-9,11H2,1-4H3. The van der Waals surface area contributed by atoms with E-state index in [1.807, 2.05) is 19.1 Å². The Hall–Kier alpha value is -1.26. The Morgan fingerprint density at radius 3 is 2.63 bits per heavy atom. The third-order valence-corrected chi connectivity index (χ3v) is 2.86. The Morgan fingerprint density at radius 1 is 1.21 bits per heavy atom. The van der Waals surface area contributed by atoms with Gasteiger partial charge in [-0.25, -0.2) is 0 Å². The van der Waals surface area contributed by atoms with Gasteiger partial charge in [0, 0.05) is 26.7 Å². The fourth-order valence-electron chi connectivity index (χ4n) is 1.75. The van der Waals surface area contributed by atoms with Crippen molar-refractivity contribution >= 4 is 0 Å². The molecule has 0 spiro atoms. The molecule has 0 saturated carbocycles. The lowest BCUT2D eigenvalue weighted by atomic mass is 10.2. The molecular formula is C15H25NO3. The Bertz CT molecular complexity index is 368. The van der Waals surface area contributed by atoms with Crippen molar-refractivity contribution < 1.29 is 14.2 Å². The highest BCUT2D eigenvalue weighted by molar-refractivity contribution is 5.43. The summed E-state index contributed by atoms with van der Waals surface area (Å²) < 4.78 is 16.3. The molecule has 4 heteroatoms. The first-order valence-electron chi connectivity index (χ1n) is 6.74. The molecule has 0 amide bonds. The van der Waals surface area contributed by atoms with Crippen LogP contribution in [0.3, 0.4) is 0 Å². The first-order chi connectivity index (χ1) is 9.21. The minimum absolute atomic E-state index is 0.105. The van der Waals surface area contributed by atoms with E-state index < -0.39 is 0 Å². The van der Waals surface area contributed by atoms with Crippen LogP contribution < -0.4 is 14.8 Å². The van der Waals surface area contributed by atoms with E-state index in [1.54, 1.807) is 14.2 Å². The van der Waals surface area contributed by atoms with Crippen LogP contribution in [0.4, 0.5) is 0 Å². The highest BCUT2D eigenvalue weighted by atomic mass is 16.5. The first kappa shape index (κ1) is 15.8. The van der Waals surface area contributed by atoms with Crippen molar-refractivity contribution in [1.29, 1.82) is 0 Å². The van der Waals surface area contributed by atoms with Crippen molar-refractivity contribution in [3.63, 3.8) is 0 Å². The molecule has 1 aromatic rings. The molecule has 0 radical (unpaired) electrons. The number of rotatable bonds is 9. The van der Waals surface area contributed by atoms with Gasteiger partial charge in [-0.15, -0.1) is 0 Å². The Kier molecular flexibility index (Phi) is 7.30. The molecule has 0 aliphatic carbocycles. The van der Waals surface area contributed by atoms with Crippen molar-refractivity contribution in [3.8, 4) is 11.5 Å². The van der Waals surface area contributed by atoms with Gasteiger partial charge in [-0.1, -0.05) is 13.0 Å². The molecule has 1 atom stereocenters. The first-order valence-corrected chi connectivity index (χ1v) is 6.74. The summed E-state index contributed by atoms with van der Waals surface area (Å²) >= 11 is 0. The largest absolute Gasteiger partial charge is 0.493 e. The average molecular weight is 267 g/mol. The zero-order valence-corrected chi connectivity index (χ0v) is 12.4. The van der Waals surface area contributed by atoms with Crippen molar-refractivity contribution in [1.82, 2.24) is 5.32 Å². The van der Waals surface area contributed by atoms with Gasteiger partial charge in [-0.3, -0.25) is 0 Å². The van der Waals surface area contributed by atoms with Gasteiger partial charge < -0.3 is 19.5 Å². The molecular weight excluding hydrogens is 242 g/mol. The summed E-state index contributed by atoms with van der Waals surface area (Å²) in [5, 5.41) is 3.29. The summed E-state index contributed by atoms with van der Waals surface area (Å²) in [4.78, 5) is 0. The second-order valence-corrected chi connectivity index (χ2v) is 4.48. The number of nitrogens with one attached hydrogen (secondary N) is 1. The van der Waals surface area contributed by atoms with Crippen LogP contribution in [0, 0.1) is 0 Å². The molecule has 0 bridgehead atoms. The Morgan fingerprint density at radius 2 is 2.00 bits per heavy atom. The van der Waals surface area contributed by atoms with Crippen LogP contribution >= 0.6 is 0 Å². The predicted molar refractivity (Wildman–Crippen MR) is 77.0 cm³/mol. The van der Waals surface area contributed by atoms with Crippen molar-refractivity contribution in [2.45, 2.75) is 32.9 Å². The molecule has 1 aromatic carbocycles. The molecule has 1 unspecified atom stereocenters. The number of hydrogen-bond acceptors (Lipinski definition) is 4. The van der Waals surface area contributed by atoms with E-state index in [2.05, 4.69) is 18.3 Å². The normalized spacial score (nSPS) is 12.2. The monoisotopic (exact) mass is 267 g/mol. The van der Waals surface area contributed by atoms with E-state index in [4.69, 9.17) is 14.2 Å². The van der Waals surface area contributed by atoms with Gasteiger partial charge in [-0.05, 0) is 31.2 Å². The zero-order chi connectivity index (χ0) is 14.1. The van der Waals surface area contributed by atoms with Crippen molar-refractivity contribution in [3.05, 3.63) is 23.8 Å². The summed E-state index contributed by atoms with van der Waals surface area (Å²) in [5.74, 6) is 1.56. The third-order valence-electron chi connectivity index (χ3n) is 2.86. The molecule has 0 aromatic heterocycles. The Labute approximate surface area is 116 Å². The molecule has 0 heterocycles. The van der Waals surface area contributed by atoms with Gasteiger partial charge in [0.25, 0.3) is 0 Å². The smallest absolute Gasteiger partial charge is 0.161 e. The lowest BCUT2D eigenvalue weighted by molar-refractivity contribution is 0.132. The maximum atomic E-state index is 5.87. The minimum Gasteiger partial charge on any atom is -0.493 e. The molecule has 0 aliphatic heterocycles. The maximum absolute atomic E-state index is 5.87. The summed E-state index contributed by atoms with van der Waals surface area (Å²) in [6.45, 7) is 6.61. The molecule has 4 nitrogen and oxygen atoms in total. The van der Waals surface area contributed by atoms with Crippen molar-refractivity contribution in [2.24, 2.45) is 0 Å². The van der Waals surface area contributed by atoms with E-state index in [0.717, 1.165) is 31.0 Å². The van der Waals surface area contributed by atoms with Gasteiger partial charge >= 0.3 is 0 Å². The van der Waals surface area contributed by atoms with Gasteiger partial charge in [0.1, 0.15) is 0 Å². The molecule has 108 valence electrons. The topological polar surface area (TPSA) is 39.7 Å². The second kappa shape index (κ2) is 8.77. The predicted octanol–water partition coefficient (Wildman–Crippen LogP) is 2.61. The van der Waals surface area contributed by atoms with Crippen LogP contribution in [-0.2, 0) is 11.3 Å². The van der Waals surface area contributed by atoms with Crippen LogP contribution in [0.2, 0.25) is 0 Å². The van der Waals surface area contributed by atoms with Gasteiger partial charge in [-0.2, -0.15) is 0 Å². The van der Waals surface area contributed by atoms with E-state index >= 15 is 0 Å². The summed E-state index contributed by atoms with van der Waals surface area (Å²) in [6.07, 6.45) is 0.965. The number of hydrogen-bond donors (Lipinski definition) is 1. The van der Waals surface area contributed by atoms with E-state index in [-0.39, 0.29) is 6.10 Å². The van der Waals surface area contributed by atoms with Gasteiger partial charge in [0.05, 0.1) is 13.2 Å². The van der Waals surface area contributed by atoms with Crippen LogP contribution in [0.1, 0.15) is 25.8 Å². The molecule has 0 aliphatic rings. The minimum atomic E-state index is 0.105.